The highest BCUT2D eigenvalue weighted by molar-refractivity contribution is 7.80. The van der Waals surface area contributed by atoms with E-state index in [1.54, 1.807) is 12.1 Å². The van der Waals surface area contributed by atoms with E-state index in [2.05, 4.69) is 42.7 Å². The van der Waals surface area contributed by atoms with E-state index in [9.17, 15) is 10.1 Å². The lowest BCUT2D eigenvalue weighted by atomic mass is 9.77. The van der Waals surface area contributed by atoms with Crippen LogP contribution in [0, 0.1) is 16.0 Å². The van der Waals surface area contributed by atoms with Crippen molar-refractivity contribution >= 4 is 29.2 Å². The lowest BCUT2D eigenvalue weighted by Crippen LogP contribution is -2.52. The van der Waals surface area contributed by atoms with Crippen LogP contribution in [0.25, 0.3) is 0 Å². The fraction of sp³-hybridized carbons (Fsp3) is 0.444. The van der Waals surface area contributed by atoms with Crippen molar-refractivity contribution in [3.8, 4) is 0 Å². The fourth-order valence-electron chi connectivity index (χ4n) is 2.93. The minimum atomic E-state index is -0.431. The van der Waals surface area contributed by atoms with Crippen molar-refractivity contribution in [1.82, 2.24) is 10.7 Å². The molecule has 1 aromatic carbocycles. The van der Waals surface area contributed by atoms with Crippen LogP contribution in [0.5, 0.6) is 0 Å². The SMILES string of the molecule is CC1=CC[C@@H](C(C)(C)NC(=S)N/N=C/c2cccc([N+](=O)[O-])c2)CC1. The summed E-state index contributed by atoms with van der Waals surface area (Å²) in [4.78, 5) is 10.3. The Labute approximate surface area is 153 Å². The zero-order valence-electron chi connectivity index (χ0n) is 14.8. The average molecular weight is 360 g/mol. The van der Waals surface area contributed by atoms with Gasteiger partial charge in [-0.3, -0.25) is 15.5 Å². The maximum Gasteiger partial charge on any atom is 0.270 e. The number of non-ortho nitro benzene ring substituents is 1. The van der Waals surface area contributed by atoms with Gasteiger partial charge in [-0.2, -0.15) is 5.10 Å². The summed E-state index contributed by atoms with van der Waals surface area (Å²) in [5.74, 6) is 0.511. The first-order valence-corrected chi connectivity index (χ1v) is 8.70. The van der Waals surface area contributed by atoms with Crippen molar-refractivity contribution in [2.45, 2.75) is 45.6 Å². The van der Waals surface area contributed by atoms with Gasteiger partial charge in [-0.1, -0.05) is 23.8 Å². The van der Waals surface area contributed by atoms with Crippen LogP contribution in [0.2, 0.25) is 0 Å². The van der Waals surface area contributed by atoms with Crippen LogP contribution in [-0.4, -0.2) is 21.8 Å². The Morgan fingerprint density at radius 3 is 2.88 bits per heavy atom. The van der Waals surface area contributed by atoms with Crippen LogP contribution in [0.4, 0.5) is 5.69 Å². The Hall–Kier alpha value is -2.28. The minimum absolute atomic E-state index is 0.0337. The molecule has 0 aliphatic heterocycles. The lowest BCUT2D eigenvalue weighted by molar-refractivity contribution is -0.384. The zero-order chi connectivity index (χ0) is 18.4. The molecule has 0 amide bonds. The van der Waals surface area contributed by atoms with Crippen LogP contribution >= 0.6 is 12.2 Å². The van der Waals surface area contributed by atoms with E-state index >= 15 is 0 Å². The van der Waals surface area contributed by atoms with E-state index in [4.69, 9.17) is 12.2 Å². The molecule has 0 radical (unpaired) electrons. The van der Waals surface area contributed by atoms with Crippen molar-refractivity contribution in [2.75, 3.05) is 0 Å². The van der Waals surface area contributed by atoms with Gasteiger partial charge in [0.1, 0.15) is 0 Å². The Balaban J connectivity index is 1.89. The van der Waals surface area contributed by atoms with Crippen molar-refractivity contribution in [2.24, 2.45) is 11.0 Å². The maximum atomic E-state index is 10.8. The van der Waals surface area contributed by atoms with Gasteiger partial charge in [0.15, 0.2) is 5.11 Å². The van der Waals surface area contributed by atoms with Gasteiger partial charge in [0, 0.05) is 23.2 Å². The van der Waals surface area contributed by atoms with E-state index in [1.807, 2.05) is 0 Å². The number of nitro groups is 1. The summed E-state index contributed by atoms with van der Waals surface area (Å²) in [7, 11) is 0. The average Bonchev–Trinajstić information content (AvgIpc) is 2.55. The third kappa shape index (κ3) is 5.63. The van der Waals surface area contributed by atoms with Crippen LogP contribution in [0.1, 0.15) is 45.6 Å². The molecule has 6 nitrogen and oxygen atoms in total. The number of nitro benzene ring substituents is 1. The van der Waals surface area contributed by atoms with Gasteiger partial charge in [-0.25, -0.2) is 0 Å². The molecule has 1 aliphatic carbocycles. The second kappa shape index (κ2) is 8.20. The highest BCUT2D eigenvalue weighted by atomic mass is 32.1. The molecule has 1 aliphatic rings. The molecule has 0 heterocycles. The van der Waals surface area contributed by atoms with Crippen molar-refractivity contribution in [1.29, 1.82) is 0 Å². The normalized spacial score (nSPS) is 17.9. The lowest BCUT2D eigenvalue weighted by Gasteiger charge is -2.37. The molecule has 1 aromatic rings. The van der Waals surface area contributed by atoms with Crippen LogP contribution in [-0.2, 0) is 0 Å². The molecule has 0 spiro atoms. The van der Waals surface area contributed by atoms with Crippen LogP contribution in [0.3, 0.4) is 0 Å². The molecule has 25 heavy (non-hydrogen) atoms. The number of rotatable bonds is 5. The van der Waals surface area contributed by atoms with Crippen molar-refractivity contribution in [3.63, 3.8) is 0 Å². The number of benzene rings is 1. The van der Waals surface area contributed by atoms with Gasteiger partial charge in [-0.15, -0.1) is 0 Å². The zero-order valence-corrected chi connectivity index (χ0v) is 15.6. The van der Waals surface area contributed by atoms with E-state index in [1.165, 1.54) is 23.9 Å². The summed E-state index contributed by atoms with van der Waals surface area (Å²) < 4.78 is 0. The summed E-state index contributed by atoms with van der Waals surface area (Å²) in [6.45, 7) is 6.46. The van der Waals surface area contributed by atoms with Gasteiger partial charge >= 0.3 is 0 Å². The van der Waals surface area contributed by atoms with E-state index < -0.39 is 4.92 Å². The van der Waals surface area contributed by atoms with Crippen molar-refractivity contribution < 1.29 is 4.92 Å². The first-order chi connectivity index (χ1) is 11.8. The van der Waals surface area contributed by atoms with Gasteiger partial charge in [-0.05, 0) is 58.2 Å². The number of hydrazone groups is 1. The van der Waals surface area contributed by atoms with E-state index in [0.717, 1.165) is 19.3 Å². The second-order valence-electron chi connectivity index (χ2n) is 6.92. The third-order valence-corrected chi connectivity index (χ3v) is 4.75. The summed E-state index contributed by atoms with van der Waals surface area (Å²) >= 11 is 5.32. The van der Waals surface area contributed by atoms with E-state index in [0.29, 0.717) is 16.6 Å². The van der Waals surface area contributed by atoms with Crippen molar-refractivity contribution in [3.05, 3.63) is 51.6 Å². The quantitative estimate of drug-likeness (QED) is 0.273. The molecule has 0 aromatic heterocycles. The number of nitrogens with zero attached hydrogens (tertiary/aromatic N) is 2. The summed E-state index contributed by atoms with van der Waals surface area (Å²) in [5.41, 5.74) is 4.77. The molecule has 1 atom stereocenters. The molecule has 0 saturated heterocycles. The molecule has 0 unspecified atom stereocenters. The highest BCUT2D eigenvalue weighted by Crippen LogP contribution is 2.31. The Morgan fingerprint density at radius 2 is 2.24 bits per heavy atom. The summed E-state index contributed by atoms with van der Waals surface area (Å²) in [6, 6.07) is 6.27. The molecular weight excluding hydrogens is 336 g/mol. The Morgan fingerprint density at radius 1 is 1.48 bits per heavy atom. The highest BCUT2D eigenvalue weighted by Gasteiger charge is 2.30. The standard InChI is InChI=1S/C18H24N4O2S/c1-13-7-9-15(10-8-13)18(2,3)20-17(25)21-19-12-14-5-4-6-16(11-14)22(23)24/h4-7,11-12,15H,8-10H2,1-3H3,(H2,20,21,25)/b19-12+/t15-/m1/s1. The van der Waals surface area contributed by atoms with Gasteiger partial charge < -0.3 is 5.32 Å². The maximum absolute atomic E-state index is 10.8. The van der Waals surface area contributed by atoms with Crippen LogP contribution in [0.15, 0.2) is 41.0 Å². The molecule has 7 heteroatoms. The number of hydrogen-bond acceptors (Lipinski definition) is 4. The molecule has 0 fully saturated rings. The monoisotopic (exact) mass is 360 g/mol. The predicted octanol–water partition coefficient (Wildman–Crippen LogP) is 3.92. The van der Waals surface area contributed by atoms with Gasteiger partial charge in [0.25, 0.3) is 5.69 Å². The van der Waals surface area contributed by atoms with Gasteiger partial charge in [0.05, 0.1) is 11.1 Å². The molecule has 134 valence electrons. The fourth-order valence-corrected chi connectivity index (χ4v) is 3.24. The predicted molar refractivity (Wildman–Crippen MR) is 105 cm³/mol. The summed E-state index contributed by atoms with van der Waals surface area (Å²) in [5, 5.41) is 18.6. The number of nitrogens with one attached hydrogen (secondary N) is 2. The second-order valence-corrected chi connectivity index (χ2v) is 7.33. The first kappa shape index (κ1) is 19.1. The number of thiocarbonyl (C=S) groups is 1. The largest absolute Gasteiger partial charge is 0.356 e. The molecular formula is C18H24N4O2S. The minimum Gasteiger partial charge on any atom is -0.356 e. The van der Waals surface area contributed by atoms with Crippen LogP contribution < -0.4 is 10.7 Å². The molecule has 2 rings (SSSR count). The Bertz CT molecular complexity index is 713. The third-order valence-electron chi connectivity index (χ3n) is 4.56. The summed E-state index contributed by atoms with van der Waals surface area (Å²) in [6.07, 6.45) is 7.13. The topological polar surface area (TPSA) is 79.6 Å². The molecule has 0 bridgehead atoms. The van der Waals surface area contributed by atoms with Gasteiger partial charge in [0.2, 0.25) is 0 Å². The first-order valence-electron chi connectivity index (χ1n) is 8.29. The van der Waals surface area contributed by atoms with E-state index in [-0.39, 0.29) is 11.2 Å². The molecule has 2 N–H and O–H groups in total. The number of hydrogen-bond donors (Lipinski definition) is 2. The Kier molecular flexibility index (Phi) is 6.25. The number of allylic oxidation sites excluding steroid dienone is 2. The smallest absolute Gasteiger partial charge is 0.270 e. The molecule has 0 saturated carbocycles.